The summed E-state index contributed by atoms with van der Waals surface area (Å²) >= 11 is 0. The molecule has 3 aliphatic rings. The molecule has 5 rings (SSSR count). The van der Waals surface area contributed by atoms with Gasteiger partial charge >= 0.3 is 0 Å². The number of ketones is 1. The quantitative estimate of drug-likeness (QED) is 0.488. The van der Waals surface area contributed by atoms with Gasteiger partial charge in [-0.25, -0.2) is 8.42 Å². The van der Waals surface area contributed by atoms with Crippen LogP contribution < -0.4 is 0 Å². The lowest BCUT2D eigenvalue weighted by molar-refractivity contribution is -0.133. The number of sulfone groups is 1. The number of hydrogen-bond donors (Lipinski definition) is 0. The molecule has 2 atom stereocenters. The molecule has 0 bridgehead atoms. The Bertz CT molecular complexity index is 1160. The molecule has 2 saturated heterocycles. The van der Waals surface area contributed by atoms with Gasteiger partial charge in [0.05, 0.1) is 17.7 Å². The molecular weight excluding hydrogens is 428 g/mol. The second-order valence-electron chi connectivity index (χ2n) is 9.78. The Balaban J connectivity index is 1.12. The van der Waals surface area contributed by atoms with Gasteiger partial charge in [0.25, 0.3) is 0 Å². The molecule has 8 heteroatoms. The minimum atomic E-state index is -2.95. The van der Waals surface area contributed by atoms with Gasteiger partial charge < -0.3 is 9.32 Å². The van der Waals surface area contributed by atoms with E-state index in [1.807, 2.05) is 11.0 Å². The third kappa shape index (κ3) is 4.12. The van der Waals surface area contributed by atoms with E-state index in [0.717, 1.165) is 24.6 Å². The van der Waals surface area contributed by atoms with Crippen LogP contribution in [0.1, 0.15) is 49.1 Å². The predicted molar refractivity (Wildman–Crippen MR) is 120 cm³/mol. The van der Waals surface area contributed by atoms with Crippen molar-refractivity contribution in [2.75, 3.05) is 24.6 Å². The van der Waals surface area contributed by atoms with Gasteiger partial charge in [0.2, 0.25) is 11.7 Å². The van der Waals surface area contributed by atoms with E-state index in [-0.39, 0.29) is 34.5 Å². The van der Waals surface area contributed by atoms with Crippen molar-refractivity contribution < 1.29 is 22.4 Å². The smallest absolute Gasteiger partial charge is 0.223 e. The van der Waals surface area contributed by atoms with Crippen LogP contribution in [-0.4, -0.2) is 54.6 Å². The van der Waals surface area contributed by atoms with Crippen molar-refractivity contribution in [3.8, 4) is 0 Å². The summed E-state index contributed by atoms with van der Waals surface area (Å²) in [5.74, 6) is 0.991. The molecule has 2 aliphatic heterocycles. The number of piperidine rings is 1. The van der Waals surface area contributed by atoms with Crippen LogP contribution in [0, 0.1) is 17.3 Å². The third-order valence-electron chi connectivity index (χ3n) is 7.62. The molecule has 2 aromatic heterocycles. The summed E-state index contributed by atoms with van der Waals surface area (Å²) in [4.78, 5) is 31.3. The van der Waals surface area contributed by atoms with Crippen molar-refractivity contribution in [3.05, 3.63) is 42.4 Å². The van der Waals surface area contributed by atoms with Gasteiger partial charge in [-0.05, 0) is 67.1 Å². The Morgan fingerprint density at radius 1 is 1.25 bits per heavy atom. The van der Waals surface area contributed by atoms with Crippen LogP contribution >= 0.6 is 0 Å². The van der Waals surface area contributed by atoms with Crippen molar-refractivity contribution in [1.82, 2.24) is 9.88 Å². The minimum absolute atomic E-state index is 0.0274. The molecular formula is C24H28N2O5S. The number of allylic oxidation sites excluding steroid dienone is 1. The van der Waals surface area contributed by atoms with Gasteiger partial charge in [-0.3, -0.25) is 14.6 Å². The van der Waals surface area contributed by atoms with E-state index in [0.29, 0.717) is 55.2 Å². The molecule has 3 fully saturated rings. The number of rotatable bonds is 6. The number of aromatic nitrogens is 1. The maximum absolute atomic E-state index is 12.8. The Morgan fingerprint density at radius 3 is 2.72 bits per heavy atom. The van der Waals surface area contributed by atoms with E-state index in [1.165, 1.54) is 0 Å². The SMILES string of the molecule is C=C(CC1CC12CCN(C(=O)CC1CCS(=O)(=O)C1)CC2)C(=O)c1cc2ccncc2o1. The number of amides is 1. The zero-order valence-corrected chi connectivity index (χ0v) is 18.9. The van der Waals surface area contributed by atoms with Crippen LogP contribution in [0.5, 0.6) is 0 Å². The van der Waals surface area contributed by atoms with Crippen LogP contribution in [-0.2, 0) is 14.6 Å². The number of Topliss-reactive ketones (excluding diaryl/α,β-unsaturated/α-hetero) is 1. The molecule has 1 spiro atoms. The molecule has 0 radical (unpaired) electrons. The number of likely N-dealkylation sites (tertiary alicyclic amines) is 1. The van der Waals surface area contributed by atoms with Crippen molar-refractivity contribution >= 4 is 32.5 Å². The standard InChI is InChI=1S/C24H28N2O5S/c1-16(23(28)20-12-18-2-6-25-14-21(18)31-20)10-19-13-24(19)4-7-26(8-5-24)22(27)11-17-3-9-32(29,30)15-17/h2,6,12,14,17,19H,1,3-5,7-11,13,15H2. The zero-order chi connectivity index (χ0) is 22.5. The maximum Gasteiger partial charge on any atom is 0.223 e. The summed E-state index contributed by atoms with van der Waals surface area (Å²) in [6, 6.07) is 3.56. The Labute approximate surface area is 187 Å². The number of carbonyl (C=O) groups excluding carboxylic acids is 2. The maximum atomic E-state index is 12.8. The zero-order valence-electron chi connectivity index (χ0n) is 18.1. The second-order valence-corrected chi connectivity index (χ2v) is 12.0. The molecule has 1 aliphatic carbocycles. The average Bonchev–Trinajstić information content (AvgIpc) is 3.10. The minimum Gasteiger partial charge on any atom is -0.451 e. The molecule has 2 aromatic rings. The van der Waals surface area contributed by atoms with E-state index in [9.17, 15) is 18.0 Å². The first-order chi connectivity index (χ1) is 15.2. The summed E-state index contributed by atoms with van der Waals surface area (Å²) in [5.41, 5.74) is 1.37. The predicted octanol–water partition coefficient (Wildman–Crippen LogP) is 3.41. The first kappa shape index (κ1) is 21.4. The van der Waals surface area contributed by atoms with E-state index in [1.54, 1.807) is 18.5 Å². The van der Waals surface area contributed by atoms with Crippen molar-refractivity contribution in [2.24, 2.45) is 17.3 Å². The molecule has 2 unspecified atom stereocenters. The lowest BCUT2D eigenvalue weighted by Crippen LogP contribution is -2.40. The van der Waals surface area contributed by atoms with E-state index in [2.05, 4.69) is 11.6 Å². The van der Waals surface area contributed by atoms with Gasteiger partial charge in [-0.2, -0.15) is 0 Å². The third-order valence-corrected chi connectivity index (χ3v) is 9.46. The summed E-state index contributed by atoms with van der Waals surface area (Å²) in [7, 11) is -2.95. The Morgan fingerprint density at radius 2 is 2.03 bits per heavy atom. The normalized spacial score (nSPS) is 25.8. The Hall–Kier alpha value is -2.48. The number of hydrogen-bond acceptors (Lipinski definition) is 6. The van der Waals surface area contributed by atoms with Gasteiger partial charge in [0, 0.05) is 31.1 Å². The largest absolute Gasteiger partial charge is 0.451 e. The lowest BCUT2D eigenvalue weighted by Gasteiger charge is -2.33. The highest BCUT2D eigenvalue weighted by Crippen LogP contribution is 2.61. The molecule has 7 nitrogen and oxygen atoms in total. The molecule has 4 heterocycles. The number of nitrogens with zero attached hydrogens (tertiary/aromatic N) is 2. The summed E-state index contributed by atoms with van der Waals surface area (Å²) in [6.45, 7) is 5.46. The topological polar surface area (TPSA) is 97.6 Å². The number of fused-ring (bicyclic) bond motifs is 1. The van der Waals surface area contributed by atoms with Crippen molar-refractivity contribution in [1.29, 1.82) is 0 Å². The van der Waals surface area contributed by atoms with Crippen LogP contribution in [0.25, 0.3) is 11.0 Å². The van der Waals surface area contributed by atoms with Gasteiger partial charge in [-0.1, -0.05) is 6.58 Å². The summed E-state index contributed by atoms with van der Waals surface area (Å²) in [6.07, 6.45) is 7.80. The molecule has 0 N–H and O–H groups in total. The van der Waals surface area contributed by atoms with Crippen molar-refractivity contribution in [2.45, 2.75) is 38.5 Å². The van der Waals surface area contributed by atoms with Gasteiger partial charge in [-0.15, -0.1) is 0 Å². The monoisotopic (exact) mass is 456 g/mol. The van der Waals surface area contributed by atoms with Crippen LogP contribution in [0.4, 0.5) is 0 Å². The first-order valence-corrected chi connectivity index (χ1v) is 13.1. The highest BCUT2D eigenvalue weighted by molar-refractivity contribution is 7.91. The molecule has 1 saturated carbocycles. The molecule has 0 aromatic carbocycles. The summed E-state index contributed by atoms with van der Waals surface area (Å²) in [5, 5.41) is 0.853. The molecule has 170 valence electrons. The van der Waals surface area contributed by atoms with Gasteiger partial charge in [0.15, 0.2) is 21.2 Å². The second kappa shape index (κ2) is 7.83. The molecule has 32 heavy (non-hydrogen) atoms. The lowest BCUT2D eigenvalue weighted by atomic mass is 9.88. The van der Waals surface area contributed by atoms with E-state index >= 15 is 0 Å². The van der Waals surface area contributed by atoms with E-state index < -0.39 is 9.84 Å². The number of carbonyl (C=O) groups is 2. The van der Waals surface area contributed by atoms with Crippen LogP contribution in [0.15, 0.2) is 41.1 Å². The fourth-order valence-electron chi connectivity index (χ4n) is 5.50. The van der Waals surface area contributed by atoms with Crippen LogP contribution in [0.2, 0.25) is 0 Å². The fraction of sp³-hybridized carbons (Fsp3) is 0.542. The number of furan rings is 1. The highest BCUT2D eigenvalue weighted by Gasteiger charge is 2.55. The summed E-state index contributed by atoms with van der Waals surface area (Å²) < 4.78 is 28.9. The fourth-order valence-corrected chi connectivity index (χ4v) is 7.37. The van der Waals surface area contributed by atoms with E-state index in [4.69, 9.17) is 4.42 Å². The average molecular weight is 457 g/mol. The van der Waals surface area contributed by atoms with Crippen LogP contribution in [0.3, 0.4) is 0 Å². The highest BCUT2D eigenvalue weighted by atomic mass is 32.2. The first-order valence-electron chi connectivity index (χ1n) is 11.3. The van der Waals surface area contributed by atoms with Gasteiger partial charge in [0.1, 0.15) is 0 Å². The number of pyridine rings is 1. The van der Waals surface area contributed by atoms with Crippen molar-refractivity contribution in [3.63, 3.8) is 0 Å². The Kier molecular flexibility index (Phi) is 5.23. The molecule has 1 amide bonds.